The molecule has 1 aromatic heterocycles. The van der Waals surface area contributed by atoms with Gasteiger partial charge < -0.3 is 15.2 Å². The Morgan fingerprint density at radius 2 is 1.83 bits per heavy atom. The second-order valence-electron chi connectivity index (χ2n) is 6.96. The van der Waals surface area contributed by atoms with Gasteiger partial charge in [0.2, 0.25) is 11.7 Å². The number of fused-ring (bicyclic) bond motifs is 1. The van der Waals surface area contributed by atoms with Crippen molar-refractivity contribution in [1.29, 1.82) is 0 Å². The van der Waals surface area contributed by atoms with E-state index in [0.717, 1.165) is 4.57 Å². The van der Waals surface area contributed by atoms with E-state index in [4.69, 9.17) is 5.73 Å². The zero-order chi connectivity index (χ0) is 21.5. The summed E-state index contributed by atoms with van der Waals surface area (Å²) < 4.78 is 80.0. The topological polar surface area (TPSA) is 77.0 Å². The molecule has 2 N–H and O–H groups in total. The van der Waals surface area contributed by atoms with Gasteiger partial charge in [-0.2, -0.15) is 13.2 Å². The molecule has 0 saturated carbocycles. The van der Waals surface area contributed by atoms with Gasteiger partial charge in [-0.05, 0) is 25.0 Å². The van der Waals surface area contributed by atoms with E-state index in [1.54, 1.807) is 0 Å². The van der Waals surface area contributed by atoms with E-state index in [2.05, 4.69) is 10.2 Å². The number of halogens is 7. The van der Waals surface area contributed by atoms with Crippen molar-refractivity contribution < 1.29 is 31.1 Å². The molecule has 30 heavy (non-hydrogen) atoms. The number of aromatic nitrogens is 3. The van der Waals surface area contributed by atoms with Gasteiger partial charge in [0, 0.05) is 25.1 Å². The highest BCUT2D eigenvalue weighted by atomic mass is 35.5. The normalized spacial score (nSPS) is 17.3. The van der Waals surface area contributed by atoms with Crippen LogP contribution < -0.4 is 5.73 Å². The van der Waals surface area contributed by atoms with Crippen LogP contribution in [0.15, 0.2) is 12.1 Å². The number of alkyl halides is 3. The third-order valence-corrected chi connectivity index (χ3v) is 4.64. The molecule has 0 spiro atoms. The van der Waals surface area contributed by atoms with Gasteiger partial charge in [0.1, 0.15) is 5.82 Å². The number of hydrogen-bond acceptors (Lipinski definition) is 4. The standard InChI is InChI=1S/C17H17F6N5O.ClH/c1-8-6-27(7-14-25-26-16(28(8)14)17(21,22)23)15(29)4-10(24)2-9-3-12(19)13(20)5-11(9)18;/h3,5,8,10H,2,4,6-7,24H2,1H3;1H/t8?,10-;/m1./s1. The molecule has 1 aliphatic heterocycles. The fraction of sp³-hybridized carbons (Fsp3) is 0.471. The second-order valence-corrected chi connectivity index (χ2v) is 6.96. The third kappa shape index (κ3) is 4.86. The van der Waals surface area contributed by atoms with Gasteiger partial charge in [-0.1, -0.05) is 0 Å². The molecule has 1 aliphatic rings. The van der Waals surface area contributed by atoms with Gasteiger partial charge in [-0.25, -0.2) is 13.2 Å². The van der Waals surface area contributed by atoms with E-state index in [1.165, 1.54) is 11.8 Å². The van der Waals surface area contributed by atoms with Crippen LogP contribution in [0.1, 0.15) is 36.6 Å². The Morgan fingerprint density at radius 1 is 1.20 bits per heavy atom. The number of carbonyl (C=O) groups is 1. The first kappa shape index (κ1) is 23.9. The Bertz CT molecular complexity index is 934. The maximum Gasteiger partial charge on any atom is 0.451 e. The fourth-order valence-electron chi connectivity index (χ4n) is 3.34. The Morgan fingerprint density at radius 3 is 2.47 bits per heavy atom. The van der Waals surface area contributed by atoms with E-state index in [1.807, 2.05) is 0 Å². The van der Waals surface area contributed by atoms with Gasteiger partial charge >= 0.3 is 6.18 Å². The van der Waals surface area contributed by atoms with Crippen molar-refractivity contribution in [2.45, 2.75) is 44.6 Å². The monoisotopic (exact) mass is 457 g/mol. The summed E-state index contributed by atoms with van der Waals surface area (Å²) in [5, 5.41) is 6.70. The number of amides is 1. The molecule has 0 aliphatic carbocycles. The highest BCUT2D eigenvalue weighted by Crippen LogP contribution is 2.32. The van der Waals surface area contributed by atoms with Crippen molar-refractivity contribution in [2.75, 3.05) is 6.54 Å². The average Bonchev–Trinajstić information content (AvgIpc) is 3.04. The summed E-state index contributed by atoms with van der Waals surface area (Å²) in [6.07, 6.45) is -5.14. The number of carbonyl (C=O) groups excluding carboxylic acids is 1. The summed E-state index contributed by atoms with van der Waals surface area (Å²) in [6, 6.07) is -0.535. The first-order valence-electron chi connectivity index (χ1n) is 8.65. The molecule has 0 bridgehead atoms. The quantitative estimate of drug-likeness (QED) is 0.565. The molecule has 0 saturated heterocycles. The molecule has 1 unspecified atom stereocenters. The number of hydrogen-bond donors (Lipinski definition) is 1. The molecule has 2 aromatic rings. The average molecular weight is 458 g/mol. The zero-order valence-corrected chi connectivity index (χ0v) is 16.4. The Balaban J connectivity index is 0.00000320. The summed E-state index contributed by atoms with van der Waals surface area (Å²) in [5.41, 5.74) is 5.67. The molecule has 2 heterocycles. The zero-order valence-electron chi connectivity index (χ0n) is 15.6. The lowest BCUT2D eigenvalue weighted by atomic mass is 10.0. The molecular weight excluding hydrogens is 440 g/mol. The van der Waals surface area contributed by atoms with Crippen LogP contribution in [0.4, 0.5) is 26.3 Å². The van der Waals surface area contributed by atoms with Crippen molar-refractivity contribution in [2.24, 2.45) is 5.73 Å². The maximum atomic E-state index is 13.7. The predicted octanol–water partition coefficient (Wildman–Crippen LogP) is 3.00. The van der Waals surface area contributed by atoms with E-state index >= 15 is 0 Å². The SMILES string of the molecule is CC1CN(C(=O)C[C@H](N)Cc2cc(F)c(F)cc2F)Cc2nnc(C(F)(F)F)n21.Cl. The number of benzene rings is 1. The van der Waals surface area contributed by atoms with Crippen LogP contribution in [-0.4, -0.2) is 38.2 Å². The predicted molar refractivity (Wildman–Crippen MR) is 95.0 cm³/mol. The summed E-state index contributed by atoms with van der Waals surface area (Å²) in [6.45, 7) is 1.30. The lowest BCUT2D eigenvalue weighted by molar-refractivity contribution is -0.149. The first-order chi connectivity index (χ1) is 13.5. The van der Waals surface area contributed by atoms with Crippen LogP contribution in [-0.2, 0) is 23.9 Å². The van der Waals surface area contributed by atoms with Crippen LogP contribution in [0.3, 0.4) is 0 Å². The van der Waals surface area contributed by atoms with Crippen molar-refractivity contribution in [3.63, 3.8) is 0 Å². The summed E-state index contributed by atoms with van der Waals surface area (Å²) in [5.74, 6) is -5.16. The Kier molecular flexibility index (Phi) is 7.02. The van der Waals surface area contributed by atoms with Gasteiger partial charge in [0.25, 0.3) is 0 Å². The lowest BCUT2D eigenvalue weighted by Crippen LogP contribution is -2.43. The molecular formula is C17H18ClF6N5O. The van der Waals surface area contributed by atoms with E-state index in [0.29, 0.717) is 12.1 Å². The highest BCUT2D eigenvalue weighted by molar-refractivity contribution is 5.85. The second kappa shape index (κ2) is 8.80. The minimum atomic E-state index is -4.66. The fourth-order valence-corrected chi connectivity index (χ4v) is 3.34. The van der Waals surface area contributed by atoms with Crippen molar-refractivity contribution in [3.05, 3.63) is 46.8 Å². The van der Waals surface area contributed by atoms with Gasteiger partial charge in [-0.3, -0.25) is 4.79 Å². The maximum absolute atomic E-state index is 13.7. The third-order valence-electron chi connectivity index (χ3n) is 4.64. The van der Waals surface area contributed by atoms with Crippen molar-refractivity contribution in [3.8, 4) is 0 Å². The van der Waals surface area contributed by atoms with Gasteiger partial charge in [-0.15, -0.1) is 22.6 Å². The minimum absolute atomic E-state index is 0. The highest BCUT2D eigenvalue weighted by Gasteiger charge is 2.41. The molecule has 166 valence electrons. The van der Waals surface area contributed by atoms with Crippen LogP contribution in [0.2, 0.25) is 0 Å². The van der Waals surface area contributed by atoms with Crippen molar-refractivity contribution in [1.82, 2.24) is 19.7 Å². The molecule has 1 amide bonds. The van der Waals surface area contributed by atoms with Crippen LogP contribution in [0, 0.1) is 17.5 Å². The van der Waals surface area contributed by atoms with Crippen LogP contribution in [0.5, 0.6) is 0 Å². The molecule has 6 nitrogen and oxygen atoms in total. The Hall–Kier alpha value is -2.34. The molecule has 13 heteroatoms. The molecule has 1 aromatic carbocycles. The van der Waals surface area contributed by atoms with Gasteiger partial charge in [0.15, 0.2) is 17.5 Å². The summed E-state index contributed by atoms with van der Waals surface area (Å²) >= 11 is 0. The smallest absolute Gasteiger partial charge is 0.333 e. The number of rotatable bonds is 4. The number of nitrogens with two attached hydrogens (primary N) is 1. The minimum Gasteiger partial charge on any atom is -0.333 e. The molecule has 0 radical (unpaired) electrons. The van der Waals surface area contributed by atoms with Crippen molar-refractivity contribution >= 4 is 18.3 Å². The van der Waals surface area contributed by atoms with E-state index in [-0.39, 0.29) is 49.7 Å². The van der Waals surface area contributed by atoms with Crippen LogP contribution >= 0.6 is 12.4 Å². The largest absolute Gasteiger partial charge is 0.451 e. The summed E-state index contributed by atoms with van der Waals surface area (Å²) in [7, 11) is 0. The molecule has 0 fully saturated rings. The molecule has 2 atom stereocenters. The first-order valence-corrected chi connectivity index (χ1v) is 8.65. The lowest BCUT2D eigenvalue weighted by Gasteiger charge is -2.33. The molecule has 3 rings (SSSR count). The van der Waals surface area contributed by atoms with E-state index < -0.39 is 47.4 Å². The van der Waals surface area contributed by atoms with Crippen LogP contribution in [0.25, 0.3) is 0 Å². The Labute approximate surface area is 173 Å². The van der Waals surface area contributed by atoms with E-state index in [9.17, 15) is 31.1 Å². The summed E-state index contributed by atoms with van der Waals surface area (Å²) in [4.78, 5) is 13.8. The number of nitrogens with zero attached hydrogens (tertiary/aromatic N) is 4. The van der Waals surface area contributed by atoms with Gasteiger partial charge in [0.05, 0.1) is 12.6 Å².